The molecule has 0 aromatic heterocycles. The largest absolute Gasteiger partial charge is 0.303 e. The molecule has 3 heterocycles. The quantitative estimate of drug-likeness (QED) is 0.455. The number of hydrogen-bond acceptors (Lipinski definition) is 3. The highest BCUT2D eigenvalue weighted by Gasteiger charge is 2.46. The predicted octanol–water partition coefficient (Wildman–Crippen LogP) is 6.42. The van der Waals surface area contributed by atoms with E-state index in [2.05, 4.69) is 42.4 Å². The first-order valence-corrected chi connectivity index (χ1v) is 15.0. The molecule has 2 spiro atoms. The molecule has 3 nitrogen and oxygen atoms in total. The van der Waals surface area contributed by atoms with Gasteiger partial charge in [0.25, 0.3) is 0 Å². The van der Waals surface area contributed by atoms with E-state index in [0.717, 1.165) is 18.0 Å². The minimum absolute atomic E-state index is 0.696. The number of piperidine rings is 3. The molecule has 0 amide bonds. The molecule has 3 aliphatic heterocycles. The highest BCUT2D eigenvalue weighted by Crippen LogP contribution is 2.52. The van der Waals surface area contributed by atoms with Gasteiger partial charge in [-0.3, -0.25) is 0 Å². The van der Waals surface area contributed by atoms with E-state index in [9.17, 15) is 0 Å². The summed E-state index contributed by atoms with van der Waals surface area (Å²) in [6, 6.07) is 1.64. The zero-order valence-corrected chi connectivity index (χ0v) is 22.7. The van der Waals surface area contributed by atoms with Crippen LogP contribution in [0.1, 0.15) is 111 Å². The maximum atomic E-state index is 2.94. The second-order valence-electron chi connectivity index (χ2n) is 14.3. The van der Waals surface area contributed by atoms with Crippen LogP contribution in [-0.4, -0.2) is 72.6 Å². The van der Waals surface area contributed by atoms with Crippen LogP contribution in [0.3, 0.4) is 0 Å². The fourth-order valence-corrected chi connectivity index (χ4v) is 8.59. The number of hydrogen-bond donors (Lipinski definition) is 0. The van der Waals surface area contributed by atoms with Crippen LogP contribution in [0.15, 0.2) is 0 Å². The van der Waals surface area contributed by atoms with Crippen LogP contribution in [-0.2, 0) is 0 Å². The summed E-state index contributed by atoms with van der Waals surface area (Å²) in [5, 5.41) is 0. The average molecular weight is 458 g/mol. The highest BCUT2D eigenvalue weighted by atomic mass is 15.2. The maximum Gasteiger partial charge on any atom is 0.00956 e. The first-order valence-electron chi connectivity index (χ1n) is 15.0. The third-order valence-corrected chi connectivity index (χ3v) is 11.3. The van der Waals surface area contributed by atoms with Crippen LogP contribution in [0.5, 0.6) is 0 Å². The second-order valence-corrected chi connectivity index (χ2v) is 14.3. The van der Waals surface area contributed by atoms with Crippen molar-refractivity contribution in [2.24, 2.45) is 22.2 Å². The van der Waals surface area contributed by atoms with E-state index < -0.39 is 0 Å². The summed E-state index contributed by atoms with van der Waals surface area (Å²) in [6.45, 7) is 19.3. The van der Waals surface area contributed by atoms with Gasteiger partial charge in [-0.2, -0.15) is 0 Å². The van der Waals surface area contributed by atoms with Gasteiger partial charge in [0.05, 0.1) is 0 Å². The molecule has 0 bridgehead atoms. The normalized spacial score (nSPS) is 31.1. The van der Waals surface area contributed by atoms with Crippen molar-refractivity contribution in [1.29, 1.82) is 0 Å². The fourth-order valence-electron chi connectivity index (χ4n) is 8.59. The molecule has 5 aliphatic rings. The summed E-state index contributed by atoms with van der Waals surface area (Å²) < 4.78 is 0. The number of likely N-dealkylation sites (tertiary alicyclic amines) is 3. The van der Waals surface area contributed by atoms with Gasteiger partial charge in [-0.25, -0.2) is 0 Å². The Kier molecular flexibility index (Phi) is 7.25. The first kappa shape index (κ1) is 24.6. The van der Waals surface area contributed by atoms with E-state index in [1.54, 1.807) is 0 Å². The smallest absolute Gasteiger partial charge is 0.00956 e. The highest BCUT2D eigenvalue weighted by molar-refractivity contribution is 4.99. The molecule has 0 unspecified atom stereocenters. The molecule has 3 saturated heterocycles. The van der Waals surface area contributed by atoms with E-state index >= 15 is 0 Å². The summed E-state index contributed by atoms with van der Waals surface area (Å²) in [7, 11) is 0. The summed E-state index contributed by atoms with van der Waals surface area (Å²) >= 11 is 0. The standard InChI is InChI=1S/C30H55N3/c1-25(2)23-30(9-10-30)24-31-17-11-29(12-18-31)15-21-33(22-16-29)27-5-7-28(8-6-27)13-19-32(20-14-28)26(3)4/h25-27H,5-24H2,1-4H3. The Labute approximate surface area is 206 Å². The Bertz CT molecular complexity index is 615. The Hall–Kier alpha value is -0.120. The lowest BCUT2D eigenvalue weighted by molar-refractivity contribution is -0.0135. The average Bonchev–Trinajstić information content (AvgIpc) is 3.55. The van der Waals surface area contributed by atoms with Crippen molar-refractivity contribution < 1.29 is 0 Å². The molecule has 0 N–H and O–H groups in total. The lowest BCUT2D eigenvalue weighted by Gasteiger charge is -2.52. The molecule has 0 aromatic carbocycles. The zero-order chi connectivity index (χ0) is 23.1. The van der Waals surface area contributed by atoms with Crippen molar-refractivity contribution in [3.63, 3.8) is 0 Å². The number of rotatable bonds is 6. The molecule has 0 radical (unpaired) electrons. The fraction of sp³-hybridized carbons (Fsp3) is 1.00. The molecule has 2 saturated carbocycles. The lowest BCUT2D eigenvalue weighted by Crippen LogP contribution is -2.52. The van der Waals surface area contributed by atoms with E-state index in [-0.39, 0.29) is 0 Å². The molecule has 5 rings (SSSR count). The van der Waals surface area contributed by atoms with E-state index in [4.69, 9.17) is 0 Å². The molecule has 0 aromatic rings. The SMILES string of the molecule is CC(C)CC1(CN2CCC3(CC2)CCN(C2CCC4(CC2)CCN(C(C)C)CC4)CC3)CC1. The number of nitrogens with zero attached hydrogens (tertiary/aromatic N) is 3. The van der Waals surface area contributed by atoms with E-state index in [1.165, 1.54) is 129 Å². The summed E-state index contributed by atoms with van der Waals surface area (Å²) in [6.07, 6.45) is 19.3. The van der Waals surface area contributed by atoms with Crippen LogP contribution < -0.4 is 0 Å². The summed E-state index contributed by atoms with van der Waals surface area (Å²) in [5.74, 6) is 0.871. The topological polar surface area (TPSA) is 9.72 Å². The van der Waals surface area contributed by atoms with Crippen molar-refractivity contribution in [2.75, 3.05) is 45.8 Å². The third kappa shape index (κ3) is 5.67. The van der Waals surface area contributed by atoms with Gasteiger partial charge in [0.15, 0.2) is 0 Å². The monoisotopic (exact) mass is 457 g/mol. The molecular weight excluding hydrogens is 402 g/mol. The van der Waals surface area contributed by atoms with Crippen LogP contribution in [0.4, 0.5) is 0 Å². The van der Waals surface area contributed by atoms with Gasteiger partial charge in [0.1, 0.15) is 0 Å². The van der Waals surface area contributed by atoms with Gasteiger partial charge in [-0.05, 0) is 159 Å². The van der Waals surface area contributed by atoms with E-state index in [1.807, 2.05) is 0 Å². The molecule has 33 heavy (non-hydrogen) atoms. The first-order chi connectivity index (χ1) is 15.8. The summed E-state index contributed by atoms with van der Waals surface area (Å²) in [5.41, 5.74) is 2.12. The minimum atomic E-state index is 0.696. The van der Waals surface area contributed by atoms with Gasteiger partial charge in [0, 0.05) is 18.6 Å². The predicted molar refractivity (Wildman–Crippen MR) is 141 cm³/mol. The van der Waals surface area contributed by atoms with E-state index in [0.29, 0.717) is 16.2 Å². The molecular formula is C30H55N3. The maximum absolute atomic E-state index is 2.94. The molecule has 0 atom stereocenters. The Morgan fingerprint density at radius 2 is 1.15 bits per heavy atom. The van der Waals surface area contributed by atoms with Gasteiger partial charge in [-0.1, -0.05) is 13.8 Å². The Morgan fingerprint density at radius 1 is 0.636 bits per heavy atom. The van der Waals surface area contributed by atoms with Gasteiger partial charge >= 0.3 is 0 Å². The zero-order valence-electron chi connectivity index (χ0n) is 22.7. The van der Waals surface area contributed by atoms with Crippen LogP contribution in [0, 0.1) is 22.2 Å². The lowest BCUT2D eigenvalue weighted by atomic mass is 9.66. The van der Waals surface area contributed by atoms with Crippen molar-refractivity contribution in [3.05, 3.63) is 0 Å². The van der Waals surface area contributed by atoms with Gasteiger partial charge in [-0.15, -0.1) is 0 Å². The van der Waals surface area contributed by atoms with Crippen molar-refractivity contribution in [2.45, 2.75) is 123 Å². The summed E-state index contributed by atoms with van der Waals surface area (Å²) in [4.78, 5) is 8.51. The van der Waals surface area contributed by atoms with Gasteiger partial charge in [0.2, 0.25) is 0 Å². The van der Waals surface area contributed by atoms with Crippen molar-refractivity contribution in [3.8, 4) is 0 Å². The minimum Gasteiger partial charge on any atom is -0.303 e. The molecule has 190 valence electrons. The van der Waals surface area contributed by atoms with Crippen molar-refractivity contribution >= 4 is 0 Å². The van der Waals surface area contributed by atoms with Gasteiger partial charge < -0.3 is 14.7 Å². The third-order valence-electron chi connectivity index (χ3n) is 11.3. The van der Waals surface area contributed by atoms with Crippen LogP contribution in [0.25, 0.3) is 0 Å². The Balaban J connectivity index is 1.03. The molecule has 5 fully saturated rings. The molecule has 3 heteroatoms. The van der Waals surface area contributed by atoms with Crippen LogP contribution >= 0.6 is 0 Å². The Morgan fingerprint density at radius 3 is 1.67 bits per heavy atom. The molecule has 2 aliphatic carbocycles. The van der Waals surface area contributed by atoms with Crippen molar-refractivity contribution in [1.82, 2.24) is 14.7 Å². The second kappa shape index (κ2) is 9.74. The van der Waals surface area contributed by atoms with Crippen LogP contribution in [0.2, 0.25) is 0 Å².